The average molecular weight is 449 g/mol. The smallest absolute Gasteiger partial charge is 0.339 e. The molecule has 0 fully saturated rings. The molecule has 1 heterocycles. The fraction of sp³-hybridized carbons (Fsp3) is 0.269. The van der Waals surface area contributed by atoms with Crippen LogP contribution in [0.4, 0.5) is 0 Å². The van der Waals surface area contributed by atoms with Crippen LogP contribution < -0.4 is 5.32 Å². The summed E-state index contributed by atoms with van der Waals surface area (Å²) in [5.74, 6) is -1.08. The lowest BCUT2D eigenvalue weighted by Crippen LogP contribution is -2.26. The number of aromatic nitrogens is 1. The fourth-order valence-electron chi connectivity index (χ4n) is 3.66. The minimum Gasteiger partial charge on any atom is -0.465 e. The van der Waals surface area contributed by atoms with E-state index in [0.29, 0.717) is 36.7 Å². The maximum atomic E-state index is 12.7. The van der Waals surface area contributed by atoms with Gasteiger partial charge < -0.3 is 19.8 Å². The molecule has 2 N–H and O–H groups in total. The Morgan fingerprint density at radius 2 is 1.61 bits per heavy atom. The number of amides is 1. The van der Waals surface area contributed by atoms with Crippen molar-refractivity contribution >= 4 is 17.7 Å². The molecule has 0 atom stereocenters. The second-order valence-corrected chi connectivity index (χ2v) is 7.73. The number of rotatable bonds is 10. The fourth-order valence-corrected chi connectivity index (χ4v) is 3.66. The Hall–Kier alpha value is -3.71. The Bertz CT molecular complexity index is 1130. The highest BCUT2D eigenvalue weighted by molar-refractivity contribution is 6.01. The lowest BCUT2D eigenvalue weighted by molar-refractivity contribution is -0.120. The van der Waals surface area contributed by atoms with Gasteiger partial charge in [0.2, 0.25) is 5.91 Å². The lowest BCUT2D eigenvalue weighted by atomic mass is 10.1. The normalized spacial score (nSPS) is 10.6. The molecule has 0 saturated carbocycles. The summed E-state index contributed by atoms with van der Waals surface area (Å²) in [7, 11) is 1.27. The summed E-state index contributed by atoms with van der Waals surface area (Å²) in [5.41, 5.74) is 4.40. The lowest BCUT2D eigenvalue weighted by Gasteiger charge is -2.12. The summed E-state index contributed by atoms with van der Waals surface area (Å²) in [6, 6.07) is 17.7. The zero-order valence-electron chi connectivity index (χ0n) is 19.1. The SMILES string of the molecule is COC(=O)c1c(CC(=O)NCc2ccccc2COCc2ccccc2)[nH]c(C(C)=O)c1C. The molecule has 7 nitrogen and oxygen atoms in total. The number of Topliss-reactive ketones (excluding diaryl/α,β-unsaturated/α-hetero) is 1. The van der Waals surface area contributed by atoms with E-state index in [1.54, 1.807) is 6.92 Å². The molecule has 172 valence electrons. The van der Waals surface area contributed by atoms with Gasteiger partial charge in [0.05, 0.1) is 38.0 Å². The average Bonchev–Trinajstić information content (AvgIpc) is 3.14. The van der Waals surface area contributed by atoms with Gasteiger partial charge in [-0.25, -0.2) is 4.79 Å². The number of esters is 1. The van der Waals surface area contributed by atoms with E-state index in [-0.39, 0.29) is 23.7 Å². The van der Waals surface area contributed by atoms with Gasteiger partial charge in [-0.15, -0.1) is 0 Å². The third-order valence-electron chi connectivity index (χ3n) is 5.37. The molecule has 0 saturated heterocycles. The first-order chi connectivity index (χ1) is 15.9. The van der Waals surface area contributed by atoms with Crippen molar-refractivity contribution in [3.63, 3.8) is 0 Å². The highest BCUT2D eigenvalue weighted by atomic mass is 16.5. The quantitative estimate of drug-likeness (QED) is 0.362. The van der Waals surface area contributed by atoms with Gasteiger partial charge in [-0.3, -0.25) is 9.59 Å². The molecular weight excluding hydrogens is 420 g/mol. The molecule has 33 heavy (non-hydrogen) atoms. The largest absolute Gasteiger partial charge is 0.465 e. The van der Waals surface area contributed by atoms with E-state index >= 15 is 0 Å². The number of ether oxygens (including phenoxy) is 2. The van der Waals surface area contributed by atoms with Crippen molar-refractivity contribution in [1.82, 2.24) is 10.3 Å². The van der Waals surface area contributed by atoms with E-state index in [4.69, 9.17) is 9.47 Å². The first kappa shape index (κ1) is 23.9. The molecular formula is C26H28N2O5. The second-order valence-electron chi connectivity index (χ2n) is 7.73. The van der Waals surface area contributed by atoms with Gasteiger partial charge >= 0.3 is 5.97 Å². The highest BCUT2D eigenvalue weighted by Crippen LogP contribution is 2.21. The summed E-state index contributed by atoms with van der Waals surface area (Å²) < 4.78 is 10.7. The van der Waals surface area contributed by atoms with Crippen molar-refractivity contribution < 1.29 is 23.9 Å². The number of methoxy groups -OCH3 is 1. The predicted molar refractivity (Wildman–Crippen MR) is 124 cm³/mol. The third kappa shape index (κ3) is 6.17. The van der Waals surface area contributed by atoms with E-state index in [9.17, 15) is 14.4 Å². The molecule has 1 aromatic heterocycles. The van der Waals surface area contributed by atoms with Gasteiger partial charge in [0.1, 0.15) is 0 Å². The molecule has 0 unspecified atom stereocenters. The number of H-pyrrole nitrogens is 1. The van der Waals surface area contributed by atoms with Crippen molar-refractivity contribution in [3.05, 3.63) is 93.8 Å². The third-order valence-corrected chi connectivity index (χ3v) is 5.37. The number of aromatic amines is 1. The number of carbonyl (C=O) groups excluding carboxylic acids is 3. The topological polar surface area (TPSA) is 97.5 Å². The number of nitrogens with one attached hydrogen (secondary N) is 2. The van der Waals surface area contributed by atoms with Crippen molar-refractivity contribution in [3.8, 4) is 0 Å². The zero-order chi connectivity index (χ0) is 23.8. The van der Waals surface area contributed by atoms with E-state index < -0.39 is 5.97 Å². The van der Waals surface area contributed by atoms with Gasteiger partial charge in [-0.1, -0.05) is 54.6 Å². The maximum absolute atomic E-state index is 12.7. The minimum atomic E-state index is -0.583. The standard InChI is InChI=1S/C26H28N2O5/c1-17-24(26(31)32-3)22(28-25(17)18(2)29)13-23(30)27-14-20-11-7-8-12-21(20)16-33-15-19-9-5-4-6-10-19/h4-12,28H,13-16H2,1-3H3,(H,27,30). The molecule has 0 aliphatic carbocycles. The Morgan fingerprint density at radius 1 is 0.939 bits per heavy atom. The number of benzene rings is 2. The van der Waals surface area contributed by atoms with Gasteiger partial charge in [-0.05, 0) is 29.2 Å². The Kier molecular flexibility index (Phi) is 8.16. The summed E-state index contributed by atoms with van der Waals surface area (Å²) in [6.45, 7) is 4.30. The van der Waals surface area contributed by atoms with Gasteiger partial charge in [0.25, 0.3) is 0 Å². The predicted octanol–water partition coefficient (Wildman–Crippen LogP) is 3.89. The van der Waals surface area contributed by atoms with Crippen LogP contribution in [0.2, 0.25) is 0 Å². The second kappa shape index (κ2) is 11.2. The summed E-state index contributed by atoms with van der Waals surface area (Å²) >= 11 is 0. The van der Waals surface area contributed by atoms with Crippen LogP contribution in [0.25, 0.3) is 0 Å². The number of hydrogen-bond acceptors (Lipinski definition) is 5. The summed E-state index contributed by atoms with van der Waals surface area (Å²) in [5, 5.41) is 2.89. The molecule has 2 aromatic carbocycles. The van der Waals surface area contributed by atoms with Crippen LogP contribution in [-0.2, 0) is 40.4 Å². The number of carbonyl (C=O) groups is 3. The van der Waals surface area contributed by atoms with Crippen LogP contribution in [0.3, 0.4) is 0 Å². The maximum Gasteiger partial charge on any atom is 0.339 e. The molecule has 0 spiro atoms. The van der Waals surface area contributed by atoms with Crippen molar-refractivity contribution in [2.45, 2.75) is 40.0 Å². The molecule has 1 amide bonds. The van der Waals surface area contributed by atoms with Crippen LogP contribution in [0.15, 0.2) is 54.6 Å². The van der Waals surface area contributed by atoms with Gasteiger partial charge in [0.15, 0.2) is 5.78 Å². The Morgan fingerprint density at radius 3 is 2.27 bits per heavy atom. The Balaban J connectivity index is 1.63. The summed E-state index contributed by atoms with van der Waals surface area (Å²) in [4.78, 5) is 39.6. The molecule has 3 aromatic rings. The zero-order valence-corrected chi connectivity index (χ0v) is 19.1. The molecule has 0 aliphatic rings. The molecule has 3 rings (SSSR count). The van der Waals surface area contributed by atoms with E-state index in [1.165, 1.54) is 14.0 Å². The first-order valence-electron chi connectivity index (χ1n) is 10.7. The van der Waals surface area contributed by atoms with Gasteiger partial charge in [0, 0.05) is 19.2 Å². The van der Waals surface area contributed by atoms with Crippen LogP contribution in [-0.4, -0.2) is 29.8 Å². The minimum absolute atomic E-state index is 0.0781. The van der Waals surface area contributed by atoms with Gasteiger partial charge in [-0.2, -0.15) is 0 Å². The first-order valence-corrected chi connectivity index (χ1v) is 10.7. The van der Waals surface area contributed by atoms with Crippen LogP contribution >= 0.6 is 0 Å². The van der Waals surface area contributed by atoms with E-state index in [0.717, 1.165) is 16.7 Å². The molecule has 0 radical (unpaired) electrons. The summed E-state index contributed by atoms with van der Waals surface area (Å²) in [6.07, 6.45) is -0.0781. The van der Waals surface area contributed by atoms with Crippen LogP contribution in [0.5, 0.6) is 0 Å². The molecule has 7 heteroatoms. The Labute approximate surface area is 193 Å². The van der Waals surface area contributed by atoms with Crippen LogP contribution in [0, 0.1) is 6.92 Å². The van der Waals surface area contributed by atoms with Crippen molar-refractivity contribution in [2.75, 3.05) is 7.11 Å². The van der Waals surface area contributed by atoms with E-state index in [2.05, 4.69) is 10.3 Å². The van der Waals surface area contributed by atoms with Crippen molar-refractivity contribution in [2.24, 2.45) is 0 Å². The van der Waals surface area contributed by atoms with Crippen molar-refractivity contribution in [1.29, 1.82) is 0 Å². The number of hydrogen-bond donors (Lipinski definition) is 2. The molecule has 0 bridgehead atoms. The molecule has 0 aliphatic heterocycles. The monoisotopic (exact) mass is 448 g/mol. The number of ketones is 1. The van der Waals surface area contributed by atoms with E-state index in [1.807, 2.05) is 54.6 Å². The highest BCUT2D eigenvalue weighted by Gasteiger charge is 2.24. The van der Waals surface area contributed by atoms with Crippen LogP contribution in [0.1, 0.15) is 55.7 Å².